The molecular weight excluding hydrogens is 228 g/mol. The zero-order valence-corrected chi connectivity index (χ0v) is 10.6. The van der Waals surface area contributed by atoms with Gasteiger partial charge in [-0.2, -0.15) is 4.68 Å². The maximum Gasteiger partial charge on any atom is 0.172 e. The van der Waals surface area contributed by atoms with E-state index in [2.05, 4.69) is 32.4 Å². The van der Waals surface area contributed by atoms with Crippen molar-refractivity contribution in [1.82, 2.24) is 30.5 Å². The Bertz CT molecular complexity index is 545. The third-order valence-corrected chi connectivity index (χ3v) is 2.33. The Morgan fingerprint density at radius 1 is 1.44 bits per heavy atom. The summed E-state index contributed by atoms with van der Waals surface area (Å²) in [6.07, 6.45) is 0. The molecular formula is C12H16N6. The fourth-order valence-electron chi connectivity index (χ4n) is 1.53. The van der Waals surface area contributed by atoms with Gasteiger partial charge in [0, 0.05) is 12.2 Å². The molecule has 0 aliphatic carbocycles. The summed E-state index contributed by atoms with van der Waals surface area (Å²) in [5.74, 6) is 1.46. The Morgan fingerprint density at radius 2 is 2.28 bits per heavy atom. The number of aromatic nitrogens is 5. The molecule has 0 unspecified atom stereocenters. The quantitative estimate of drug-likeness (QED) is 0.796. The van der Waals surface area contributed by atoms with Crippen LogP contribution in [-0.2, 0) is 6.54 Å². The second-order valence-electron chi connectivity index (χ2n) is 4.20. The number of aryl methyl sites for hydroxylation is 1. The molecule has 2 aromatic rings. The topological polar surface area (TPSA) is 68.5 Å². The normalized spacial score (nSPS) is 10.6. The van der Waals surface area contributed by atoms with Crippen LogP contribution in [0.4, 0.5) is 0 Å². The first kappa shape index (κ1) is 12.4. The highest BCUT2D eigenvalue weighted by atomic mass is 15.6. The highest BCUT2D eigenvalue weighted by Crippen LogP contribution is 2.05. The Labute approximate surface area is 106 Å². The molecule has 2 heterocycles. The molecule has 0 aliphatic rings. The van der Waals surface area contributed by atoms with E-state index >= 15 is 0 Å². The molecule has 2 rings (SSSR count). The number of nitrogens with zero attached hydrogens (tertiary/aromatic N) is 5. The van der Waals surface area contributed by atoms with Gasteiger partial charge in [0.05, 0.1) is 6.54 Å². The highest BCUT2D eigenvalue weighted by molar-refractivity contribution is 5.23. The summed E-state index contributed by atoms with van der Waals surface area (Å²) in [6.45, 7) is 9.06. The van der Waals surface area contributed by atoms with Crippen LogP contribution in [0.15, 0.2) is 30.4 Å². The lowest BCUT2D eigenvalue weighted by molar-refractivity contribution is 0.665. The van der Waals surface area contributed by atoms with Crippen molar-refractivity contribution in [2.24, 2.45) is 0 Å². The van der Waals surface area contributed by atoms with Crippen molar-refractivity contribution in [1.29, 1.82) is 0 Å². The molecule has 2 aromatic heterocycles. The van der Waals surface area contributed by atoms with Crippen molar-refractivity contribution in [2.75, 3.05) is 6.54 Å². The van der Waals surface area contributed by atoms with Crippen molar-refractivity contribution in [2.45, 2.75) is 20.4 Å². The van der Waals surface area contributed by atoms with Gasteiger partial charge in [-0.25, -0.2) is 4.98 Å². The van der Waals surface area contributed by atoms with E-state index in [0.29, 0.717) is 6.54 Å². The van der Waals surface area contributed by atoms with Gasteiger partial charge in [-0.3, -0.25) is 0 Å². The summed E-state index contributed by atoms with van der Waals surface area (Å²) in [5.41, 5.74) is 2.01. The number of hydrogen-bond donors (Lipinski definition) is 1. The van der Waals surface area contributed by atoms with E-state index in [-0.39, 0.29) is 0 Å². The minimum Gasteiger partial charge on any atom is -0.306 e. The van der Waals surface area contributed by atoms with E-state index in [0.717, 1.165) is 29.5 Å². The molecule has 6 nitrogen and oxygen atoms in total. The molecule has 1 N–H and O–H groups in total. The zero-order valence-electron chi connectivity index (χ0n) is 10.6. The van der Waals surface area contributed by atoms with Crippen LogP contribution in [0.3, 0.4) is 0 Å². The Morgan fingerprint density at radius 3 is 3.00 bits per heavy atom. The Kier molecular flexibility index (Phi) is 3.78. The number of nitrogens with one attached hydrogen (secondary N) is 1. The fourth-order valence-corrected chi connectivity index (χ4v) is 1.53. The smallest absolute Gasteiger partial charge is 0.172 e. The van der Waals surface area contributed by atoms with E-state index in [9.17, 15) is 0 Å². The van der Waals surface area contributed by atoms with E-state index < -0.39 is 0 Å². The zero-order chi connectivity index (χ0) is 13.0. The minimum atomic E-state index is 0.579. The second kappa shape index (κ2) is 5.50. The number of rotatable bonds is 5. The third-order valence-electron chi connectivity index (χ3n) is 2.33. The first-order valence-electron chi connectivity index (χ1n) is 5.73. The minimum absolute atomic E-state index is 0.579. The lowest BCUT2D eigenvalue weighted by Crippen LogP contribution is -2.19. The summed E-state index contributed by atoms with van der Waals surface area (Å²) in [6, 6.07) is 5.75. The summed E-state index contributed by atoms with van der Waals surface area (Å²) < 4.78 is 1.64. The van der Waals surface area contributed by atoms with Crippen LogP contribution in [0.5, 0.6) is 0 Å². The van der Waals surface area contributed by atoms with Gasteiger partial charge in [0.25, 0.3) is 0 Å². The molecule has 0 spiro atoms. The molecule has 0 atom stereocenters. The lowest BCUT2D eigenvalue weighted by atomic mass is 10.3. The maximum absolute atomic E-state index is 4.39. The SMILES string of the molecule is C=C(C)CNCc1nnnn1-c1cccc(C)n1. The molecule has 0 saturated carbocycles. The van der Waals surface area contributed by atoms with Gasteiger partial charge >= 0.3 is 0 Å². The molecule has 6 heteroatoms. The predicted molar refractivity (Wildman–Crippen MR) is 68.2 cm³/mol. The first-order valence-corrected chi connectivity index (χ1v) is 5.73. The molecule has 0 amide bonds. The molecule has 18 heavy (non-hydrogen) atoms. The third kappa shape index (κ3) is 2.98. The van der Waals surface area contributed by atoms with Crippen molar-refractivity contribution in [3.63, 3.8) is 0 Å². The van der Waals surface area contributed by atoms with Gasteiger partial charge < -0.3 is 5.32 Å². The number of tetrazole rings is 1. The van der Waals surface area contributed by atoms with Crippen molar-refractivity contribution < 1.29 is 0 Å². The number of pyridine rings is 1. The van der Waals surface area contributed by atoms with E-state index in [4.69, 9.17) is 0 Å². The maximum atomic E-state index is 4.39. The van der Waals surface area contributed by atoms with Crippen LogP contribution >= 0.6 is 0 Å². The van der Waals surface area contributed by atoms with E-state index in [1.54, 1.807) is 4.68 Å². The summed E-state index contributed by atoms with van der Waals surface area (Å²) in [7, 11) is 0. The van der Waals surface area contributed by atoms with Crippen LogP contribution in [0.1, 0.15) is 18.4 Å². The van der Waals surface area contributed by atoms with Crippen LogP contribution in [0, 0.1) is 6.92 Å². The molecule has 0 fully saturated rings. The molecule has 0 aromatic carbocycles. The summed E-state index contributed by atoms with van der Waals surface area (Å²) in [4.78, 5) is 4.39. The van der Waals surface area contributed by atoms with Crippen LogP contribution in [0.25, 0.3) is 5.82 Å². The lowest BCUT2D eigenvalue weighted by Gasteiger charge is -2.05. The first-order chi connectivity index (χ1) is 8.66. The Balaban J connectivity index is 2.15. The van der Waals surface area contributed by atoms with Crippen molar-refractivity contribution in [3.8, 4) is 5.82 Å². The van der Waals surface area contributed by atoms with E-state index in [1.165, 1.54) is 0 Å². The van der Waals surface area contributed by atoms with Gasteiger partial charge in [-0.15, -0.1) is 5.10 Å². The van der Waals surface area contributed by atoms with Crippen LogP contribution in [-0.4, -0.2) is 31.7 Å². The van der Waals surface area contributed by atoms with Gasteiger partial charge in [-0.05, 0) is 36.4 Å². The van der Waals surface area contributed by atoms with Crippen LogP contribution < -0.4 is 5.32 Å². The standard InChI is InChI=1S/C12H16N6/c1-9(2)7-13-8-12-15-16-17-18(12)11-6-4-5-10(3)14-11/h4-6,13H,1,7-8H2,2-3H3. The number of hydrogen-bond acceptors (Lipinski definition) is 5. The summed E-state index contributed by atoms with van der Waals surface area (Å²) in [5, 5.41) is 14.9. The van der Waals surface area contributed by atoms with Gasteiger partial charge in [0.2, 0.25) is 0 Å². The average molecular weight is 244 g/mol. The van der Waals surface area contributed by atoms with Crippen LogP contribution in [0.2, 0.25) is 0 Å². The van der Waals surface area contributed by atoms with Crippen molar-refractivity contribution >= 4 is 0 Å². The predicted octanol–water partition coefficient (Wildman–Crippen LogP) is 1.03. The van der Waals surface area contributed by atoms with Gasteiger partial charge in [-0.1, -0.05) is 18.2 Å². The Hall–Kier alpha value is -2.08. The molecule has 0 saturated heterocycles. The average Bonchev–Trinajstić information content (AvgIpc) is 2.77. The van der Waals surface area contributed by atoms with Gasteiger partial charge in [0.15, 0.2) is 11.6 Å². The largest absolute Gasteiger partial charge is 0.306 e. The summed E-state index contributed by atoms with van der Waals surface area (Å²) >= 11 is 0. The second-order valence-corrected chi connectivity index (χ2v) is 4.20. The van der Waals surface area contributed by atoms with E-state index in [1.807, 2.05) is 32.0 Å². The molecule has 0 bridgehead atoms. The fraction of sp³-hybridized carbons (Fsp3) is 0.333. The molecule has 0 radical (unpaired) electrons. The highest BCUT2D eigenvalue weighted by Gasteiger charge is 2.08. The van der Waals surface area contributed by atoms with Gasteiger partial charge in [0.1, 0.15) is 0 Å². The van der Waals surface area contributed by atoms with Crippen molar-refractivity contribution in [3.05, 3.63) is 41.9 Å². The monoisotopic (exact) mass is 244 g/mol. The molecule has 94 valence electrons. The molecule has 0 aliphatic heterocycles.